The first-order valence-corrected chi connectivity index (χ1v) is 12.3. The number of hydrogen-bond donors (Lipinski definition) is 1. The number of aryl methyl sites for hydroxylation is 3. The Morgan fingerprint density at radius 3 is 2.51 bits per heavy atom. The lowest BCUT2D eigenvalue weighted by atomic mass is 9.92. The van der Waals surface area contributed by atoms with Gasteiger partial charge in [0.05, 0.1) is 20.0 Å². The molecule has 1 aromatic heterocycles. The molecule has 0 bridgehead atoms. The first-order chi connectivity index (χ1) is 16.9. The maximum Gasteiger partial charge on any atom is 0.161 e. The van der Waals surface area contributed by atoms with Gasteiger partial charge in [0, 0.05) is 38.6 Å². The lowest BCUT2D eigenvalue weighted by Gasteiger charge is -2.38. The van der Waals surface area contributed by atoms with Crippen LogP contribution in [0.2, 0.25) is 0 Å². The molecule has 3 aromatic rings. The van der Waals surface area contributed by atoms with Crippen LogP contribution in [0, 0.1) is 13.8 Å². The van der Waals surface area contributed by atoms with Crippen LogP contribution in [0.4, 0.5) is 0 Å². The molecule has 1 aliphatic heterocycles. The quantitative estimate of drug-likeness (QED) is 0.412. The number of likely N-dealkylation sites (tertiary alicyclic amines) is 1. The maximum atomic E-state index is 11.1. The Kier molecular flexibility index (Phi) is 8.31. The van der Waals surface area contributed by atoms with Gasteiger partial charge >= 0.3 is 0 Å². The zero-order valence-corrected chi connectivity index (χ0v) is 21.1. The van der Waals surface area contributed by atoms with E-state index in [1.807, 2.05) is 42.2 Å². The summed E-state index contributed by atoms with van der Waals surface area (Å²) in [6.45, 7) is 8.38. The number of imidazole rings is 1. The van der Waals surface area contributed by atoms with Crippen LogP contribution in [0.5, 0.6) is 17.2 Å². The Hall–Kier alpha value is -3.03. The van der Waals surface area contributed by atoms with Gasteiger partial charge in [-0.25, -0.2) is 4.98 Å². The van der Waals surface area contributed by atoms with Crippen molar-refractivity contribution < 1.29 is 19.3 Å². The normalized spacial score (nSPS) is 15.7. The van der Waals surface area contributed by atoms with Crippen LogP contribution in [0.3, 0.4) is 0 Å². The number of nitrogens with zero attached hydrogens (tertiary/aromatic N) is 3. The summed E-state index contributed by atoms with van der Waals surface area (Å²) in [5.41, 5.74) is 2.69. The molecule has 0 radical (unpaired) electrons. The number of benzene rings is 2. The third kappa shape index (κ3) is 6.99. The van der Waals surface area contributed by atoms with Gasteiger partial charge in [0.25, 0.3) is 0 Å². The Balaban J connectivity index is 1.24. The number of rotatable bonds is 11. The van der Waals surface area contributed by atoms with Crippen LogP contribution in [0.15, 0.2) is 55.1 Å². The van der Waals surface area contributed by atoms with E-state index < -0.39 is 5.60 Å². The van der Waals surface area contributed by atoms with E-state index >= 15 is 0 Å². The first-order valence-electron chi connectivity index (χ1n) is 12.3. The second-order valence-corrected chi connectivity index (χ2v) is 9.55. The highest BCUT2D eigenvalue weighted by atomic mass is 16.5. The molecule has 0 unspecified atom stereocenters. The number of piperidine rings is 1. The molecule has 2 heterocycles. The number of aromatic nitrogens is 2. The SMILES string of the molecule is COc1cc(CN2CCC(O)(COc3ccc(C)cc3C)CC2)ccc1OCCCn1ccnc1. The minimum absolute atomic E-state index is 0.325. The average Bonchev–Trinajstić information content (AvgIpc) is 3.37. The monoisotopic (exact) mass is 479 g/mol. The highest BCUT2D eigenvalue weighted by molar-refractivity contribution is 5.43. The van der Waals surface area contributed by atoms with Gasteiger partial charge in [0.15, 0.2) is 11.5 Å². The van der Waals surface area contributed by atoms with Gasteiger partial charge in [0.1, 0.15) is 18.0 Å². The summed E-state index contributed by atoms with van der Waals surface area (Å²) in [6, 6.07) is 12.3. The van der Waals surface area contributed by atoms with Crippen LogP contribution in [0.1, 0.15) is 36.0 Å². The third-order valence-corrected chi connectivity index (χ3v) is 6.63. The fourth-order valence-corrected chi connectivity index (χ4v) is 4.48. The number of ether oxygens (including phenoxy) is 3. The number of aliphatic hydroxyl groups is 1. The van der Waals surface area contributed by atoms with Gasteiger partial charge in [-0.05, 0) is 62.4 Å². The second-order valence-electron chi connectivity index (χ2n) is 9.55. The maximum absolute atomic E-state index is 11.1. The standard InChI is InChI=1S/C28H37N3O4/c1-22-5-7-25(23(2)17-22)35-20-28(32)9-13-30(14-10-28)19-24-6-8-26(27(18-24)33-3)34-16-4-12-31-15-11-29-21-31/h5-8,11,15,17-18,21,32H,4,9-10,12-14,16,19-20H2,1-3H3. The van der Waals surface area contributed by atoms with Gasteiger partial charge in [-0.3, -0.25) is 4.90 Å². The fraction of sp³-hybridized carbons (Fsp3) is 0.464. The van der Waals surface area contributed by atoms with Crippen molar-refractivity contribution in [1.82, 2.24) is 14.5 Å². The summed E-state index contributed by atoms with van der Waals surface area (Å²) in [5, 5.41) is 11.1. The molecule has 1 fully saturated rings. The van der Waals surface area contributed by atoms with E-state index in [1.54, 1.807) is 13.3 Å². The van der Waals surface area contributed by atoms with E-state index in [9.17, 15) is 5.11 Å². The van der Waals surface area contributed by atoms with Crippen LogP contribution in [-0.2, 0) is 13.1 Å². The lowest BCUT2D eigenvalue weighted by Crippen LogP contribution is -2.47. The molecule has 0 atom stereocenters. The molecule has 1 saturated heterocycles. The number of hydrogen-bond acceptors (Lipinski definition) is 6. The zero-order valence-electron chi connectivity index (χ0n) is 21.1. The molecule has 35 heavy (non-hydrogen) atoms. The van der Waals surface area contributed by atoms with Crippen molar-refractivity contribution in [1.29, 1.82) is 0 Å². The second kappa shape index (κ2) is 11.6. The van der Waals surface area contributed by atoms with Crippen molar-refractivity contribution in [2.45, 2.75) is 51.8 Å². The van der Waals surface area contributed by atoms with Gasteiger partial charge in [-0.15, -0.1) is 0 Å². The topological polar surface area (TPSA) is 69.0 Å². The van der Waals surface area contributed by atoms with Crippen molar-refractivity contribution >= 4 is 0 Å². The summed E-state index contributed by atoms with van der Waals surface area (Å²) >= 11 is 0. The number of methoxy groups -OCH3 is 1. The molecule has 4 rings (SSSR count). The lowest BCUT2D eigenvalue weighted by molar-refractivity contribution is -0.0538. The molecule has 1 N–H and O–H groups in total. The largest absolute Gasteiger partial charge is 0.493 e. The summed E-state index contributed by atoms with van der Waals surface area (Å²) < 4.78 is 19.6. The molecule has 0 aliphatic carbocycles. The molecule has 0 amide bonds. The minimum Gasteiger partial charge on any atom is -0.493 e. The van der Waals surface area contributed by atoms with Crippen molar-refractivity contribution in [2.24, 2.45) is 0 Å². The molecule has 188 valence electrons. The van der Waals surface area contributed by atoms with Gasteiger partial charge < -0.3 is 23.9 Å². The third-order valence-electron chi connectivity index (χ3n) is 6.63. The van der Waals surface area contributed by atoms with E-state index in [0.717, 1.165) is 55.4 Å². The minimum atomic E-state index is -0.792. The molecule has 1 aliphatic rings. The summed E-state index contributed by atoms with van der Waals surface area (Å²) in [5.74, 6) is 2.36. The smallest absolute Gasteiger partial charge is 0.161 e. The van der Waals surface area contributed by atoms with Crippen LogP contribution >= 0.6 is 0 Å². The Bertz CT molecular complexity index is 1080. The molecule has 7 nitrogen and oxygen atoms in total. The Morgan fingerprint density at radius 2 is 1.80 bits per heavy atom. The van der Waals surface area contributed by atoms with Crippen LogP contribution < -0.4 is 14.2 Å². The molecule has 7 heteroatoms. The average molecular weight is 480 g/mol. The highest BCUT2D eigenvalue weighted by Crippen LogP contribution is 2.30. The van der Waals surface area contributed by atoms with E-state index in [-0.39, 0.29) is 0 Å². The van der Waals surface area contributed by atoms with Crippen molar-refractivity contribution in [3.05, 3.63) is 71.8 Å². The van der Waals surface area contributed by atoms with Crippen molar-refractivity contribution in [3.63, 3.8) is 0 Å². The van der Waals surface area contributed by atoms with Crippen LogP contribution in [-0.4, -0.2) is 58.6 Å². The summed E-state index contributed by atoms with van der Waals surface area (Å²) in [7, 11) is 1.67. The summed E-state index contributed by atoms with van der Waals surface area (Å²) in [4.78, 5) is 6.42. The molecular formula is C28H37N3O4. The Morgan fingerprint density at radius 1 is 1.00 bits per heavy atom. The fourth-order valence-electron chi connectivity index (χ4n) is 4.48. The van der Waals surface area contributed by atoms with Gasteiger partial charge in [0.2, 0.25) is 0 Å². The first kappa shape index (κ1) is 25.1. The zero-order chi connectivity index (χ0) is 24.7. The van der Waals surface area contributed by atoms with Crippen LogP contribution in [0.25, 0.3) is 0 Å². The summed E-state index contributed by atoms with van der Waals surface area (Å²) in [6.07, 6.45) is 7.82. The van der Waals surface area contributed by atoms with E-state index in [0.29, 0.717) is 26.1 Å². The van der Waals surface area contributed by atoms with E-state index in [2.05, 4.69) is 35.0 Å². The van der Waals surface area contributed by atoms with Crippen molar-refractivity contribution in [2.75, 3.05) is 33.4 Å². The van der Waals surface area contributed by atoms with Crippen molar-refractivity contribution in [3.8, 4) is 17.2 Å². The van der Waals surface area contributed by atoms with Gasteiger partial charge in [-0.2, -0.15) is 0 Å². The van der Waals surface area contributed by atoms with Gasteiger partial charge in [-0.1, -0.05) is 23.8 Å². The molecule has 0 saturated carbocycles. The van der Waals surface area contributed by atoms with E-state index in [1.165, 1.54) is 11.1 Å². The predicted octanol–water partition coefficient (Wildman–Crippen LogP) is 4.38. The predicted molar refractivity (Wildman–Crippen MR) is 136 cm³/mol. The Labute approximate surface area is 208 Å². The molecule has 0 spiro atoms. The van der Waals surface area contributed by atoms with E-state index in [4.69, 9.17) is 14.2 Å². The molecule has 2 aromatic carbocycles. The molecular weight excluding hydrogens is 442 g/mol. The highest BCUT2D eigenvalue weighted by Gasteiger charge is 2.33.